The van der Waals surface area contributed by atoms with Crippen molar-refractivity contribution in [1.82, 2.24) is 19.7 Å². The summed E-state index contributed by atoms with van der Waals surface area (Å²) < 4.78 is 6.89. The van der Waals surface area contributed by atoms with E-state index in [1.807, 2.05) is 12.1 Å². The van der Waals surface area contributed by atoms with Crippen molar-refractivity contribution in [3.05, 3.63) is 42.5 Å². The molecule has 1 amide bonds. The van der Waals surface area contributed by atoms with E-state index in [9.17, 15) is 4.79 Å². The molecular formula is C17H23N5O2. The Bertz CT molecular complexity index is 636. The van der Waals surface area contributed by atoms with Gasteiger partial charge in [-0.2, -0.15) is 5.10 Å². The first-order valence-electron chi connectivity index (χ1n) is 8.26. The molecule has 1 aliphatic heterocycles. The summed E-state index contributed by atoms with van der Waals surface area (Å²) in [5.74, 6) is -0.110. The van der Waals surface area contributed by atoms with Crippen molar-refractivity contribution in [3.8, 4) is 0 Å². The van der Waals surface area contributed by atoms with Gasteiger partial charge in [0.1, 0.15) is 18.7 Å². The van der Waals surface area contributed by atoms with Gasteiger partial charge in [-0.3, -0.25) is 9.69 Å². The lowest BCUT2D eigenvalue weighted by molar-refractivity contribution is -0.119. The van der Waals surface area contributed by atoms with Gasteiger partial charge in [-0.25, -0.2) is 9.67 Å². The van der Waals surface area contributed by atoms with Gasteiger partial charge in [-0.15, -0.1) is 0 Å². The molecule has 1 saturated heterocycles. The minimum Gasteiger partial charge on any atom is -0.379 e. The molecule has 0 spiro atoms. The van der Waals surface area contributed by atoms with Gasteiger partial charge < -0.3 is 10.1 Å². The van der Waals surface area contributed by atoms with E-state index in [1.54, 1.807) is 13.3 Å². The van der Waals surface area contributed by atoms with Crippen molar-refractivity contribution >= 4 is 11.6 Å². The zero-order valence-corrected chi connectivity index (χ0v) is 13.9. The van der Waals surface area contributed by atoms with Crippen LogP contribution in [-0.2, 0) is 16.0 Å². The van der Waals surface area contributed by atoms with E-state index in [2.05, 4.69) is 32.4 Å². The van der Waals surface area contributed by atoms with Crippen LogP contribution in [0.25, 0.3) is 0 Å². The predicted molar refractivity (Wildman–Crippen MR) is 90.8 cm³/mol. The van der Waals surface area contributed by atoms with Crippen molar-refractivity contribution in [2.75, 3.05) is 38.2 Å². The van der Waals surface area contributed by atoms with Crippen LogP contribution in [0.1, 0.15) is 18.5 Å². The number of nitrogens with one attached hydrogen (secondary N) is 1. The summed E-state index contributed by atoms with van der Waals surface area (Å²) in [6, 6.07) is 7.63. The first-order chi connectivity index (χ1) is 11.7. The summed E-state index contributed by atoms with van der Waals surface area (Å²) in [6.45, 7) is 6.51. The van der Waals surface area contributed by atoms with E-state index in [0.29, 0.717) is 0 Å². The molecule has 1 atom stereocenters. The van der Waals surface area contributed by atoms with E-state index in [-0.39, 0.29) is 5.91 Å². The Hall–Kier alpha value is -2.25. The largest absolute Gasteiger partial charge is 0.379 e. The summed E-state index contributed by atoms with van der Waals surface area (Å²) in [5.41, 5.74) is 2.06. The molecule has 0 unspecified atom stereocenters. The molecule has 1 aromatic carbocycles. The quantitative estimate of drug-likeness (QED) is 0.866. The van der Waals surface area contributed by atoms with Crippen LogP contribution in [-0.4, -0.2) is 58.4 Å². The lowest BCUT2D eigenvalue weighted by Crippen LogP contribution is -2.37. The van der Waals surface area contributed by atoms with Gasteiger partial charge in [-0.05, 0) is 31.0 Å². The molecule has 0 aliphatic carbocycles. The third-order valence-electron chi connectivity index (χ3n) is 4.25. The van der Waals surface area contributed by atoms with Gasteiger partial charge in [-0.1, -0.05) is 12.1 Å². The molecule has 1 aliphatic rings. The van der Waals surface area contributed by atoms with Gasteiger partial charge in [0.2, 0.25) is 5.91 Å². The van der Waals surface area contributed by atoms with Crippen LogP contribution >= 0.6 is 0 Å². The molecule has 2 heterocycles. The highest BCUT2D eigenvalue weighted by atomic mass is 16.5. The van der Waals surface area contributed by atoms with Crippen LogP contribution in [0.15, 0.2) is 36.9 Å². The van der Waals surface area contributed by atoms with Crippen LogP contribution in [0.5, 0.6) is 0 Å². The van der Waals surface area contributed by atoms with E-state index >= 15 is 0 Å². The van der Waals surface area contributed by atoms with Crippen LogP contribution in [0.4, 0.5) is 5.69 Å². The highest BCUT2D eigenvalue weighted by Crippen LogP contribution is 2.13. The Balaban J connectivity index is 1.49. The second kappa shape index (κ2) is 8.03. The maximum atomic E-state index is 12.2. The van der Waals surface area contributed by atoms with Crippen LogP contribution in [0, 0.1) is 0 Å². The van der Waals surface area contributed by atoms with Gasteiger partial charge in [0, 0.05) is 25.3 Å². The second-order valence-electron chi connectivity index (χ2n) is 5.94. The van der Waals surface area contributed by atoms with Gasteiger partial charge in [0.15, 0.2) is 0 Å². The normalized spacial score (nSPS) is 16.7. The van der Waals surface area contributed by atoms with Gasteiger partial charge in [0.25, 0.3) is 0 Å². The van der Waals surface area contributed by atoms with Crippen LogP contribution in [0.3, 0.4) is 0 Å². The third-order valence-corrected chi connectivity index (χ3v) is 4.25. The average Bonchev–Trinajstić information content (AvgIpc) is 3.16. The van der Waals surface area contributed by atoms with E-state index < -0.39 is 6.04 Å². The van der Waals surface area contributed by atoms with E-state index in [0.717, 1.165) is 45.0 Å². The Morgan fingerprint density at radius 2 is 2.04 bits per heavy atom. The first kappa shape index (κ1) is 16.6. The zero-order chi connectivity index (χ0) is 16.8. The summed E-state index contributed by atoms with van der Waals surface area (Å²) >= 11 is 0. The number of carbonyl (C=O) groups excluding carboxylic acids is 1. The maximum absolute atomic E-state index is 12.2. The number of hydrogen-bond acceptors (Lipinski definition) is 5. The third kappa shape index (κ3) is 4.39. The SMILES string of the molecule is C[C@H](C(=O)Nc1ccc(CCN2CCOCC2)cc1)n1cncn1. The Morgan fingerprint density at radius 3 is 2.71 bits per heavy atom. The molecule has 1 N–H and O–H groups in total. The van der Waals surface area contributed by atoms with E-state index in [4.69, 9.17) is 4.74 Å². The Labute approximate surface area is 141 Å². The molecule has 24 heavy (non-hydrogen) atoms. The highest BCUT2D eigenvalue weighted by Gasteiger charge is 2.15. The van der Waals surface area contributed by atoms with Gasteiger partial charge in [0.05, 0.1) is 13.2 Å². The molecule has 0 bridgehead atoms. The molecular weight excluding hydrogens is 306 g/mol. The summed E-state index contributed by atoms with van der Waals surface area (Å²) in [6.07, 6.45) is 3.97. The number of nitrogens with zero attached hydrogens (tertiary/aromatic N) is 4. The smallest absolute Gasteiger partial charge is 0.249 e. The molecule has 7 heteroatoms. The Kier molecular flexibility index (Phi) is 5.55. The first-order valence-corrected chi connectivity index (χ1v) is 8.26. The minimum absolute atomic E-state index is 0.110. The monoisotopic (exact) mass is 329 g/mol. The fourth-order valence-electron chi connectivity index (χ4n) is 2.65. The van der Waals surface area contributed by atoms with Crippen LogP contribution < -0.4 is 5.32 Å². The maximum Gasteiger partial charge on any atom is 0.249 e. The fourth-order valence-corrected chi connectivity index (χ4v) is 2.65. The molecule has 3 rings (SSSR count). The molecule has 7 nitrogen and oxygen atoms in total. The number of aromatic nitrogens is 3. The van der Waals surface area contributed by atoms with Crippen molar-refractivity contribution in [2.24, 2.45) is 0 Å². The predicted octanol–water partition coefficient (Wildman–Crippen LogP) is 1.35. The summed E-state index contributed by atoms with van der Waals surface area (Å²) in [4.78, 5) is 18.5. The number of morpholine rings is 1. The second-order valence-corrected chi connectivity index (χ2v) is 5.94. The van der Waals surface area contributed by atoms with E-state index in [1.165, 1.54) is 16.6 Å². The summed E-state index contributed by atoms with van der Waals surface area (Å²) in [5, 5.41) is 6.90. The number of benzene rings is 1. The minimum atomic E-state index is -0.395. The van der Waals surface area contributed by atoms with Crippen molar-refractivity contribution in [2.45, 2.75) is 19.4 Å². The number of hydrogen-bond donors (Lipinski definition) is 1. The van der Waals surface area contributed by atoms with Crippen molar-refractivity contribution in [3.63, 3.8) is 0 Å². The zero-order valence-electron chi connectivity index (χ0n) is 13.9. The summed E-state index contributed by atoms with van der Waals surface area (Å²) in [7, 11) is 0. The number of carbonyl (C=O) groups is 1. The lowest BCUT2D eigenvalue weighted by atomic mass is 10.1. The molecule has 0 saturated carbocycles. The molecule has 128 valence electrons. The molecule has 1 fully saturated rings. The Morgan fingerprint density at radius 1 is 1.29 bits per heavy atom. The lowest BCUT2D eigenvalue weighted by Gasteiger charge is -2.26. The average molecular weight is 329 g/mol. The standard InChI is InChI=1S/C17H23N5O2/c1-14(22-13-18-12-19-22)17(23)20-16-4-2-15(3-5-16)6-7-21-8-10-24-11-9-21/h2-5,12-14H,6-11H2,1H3,(H,20,23)/t14-/m1/s1. The fraction of sp³-hybridized carbons (Fsp3) is 0.471. The number of amides is 1. The number of anilines is 1. The molecule has 1 aromatic heterocycles. The molecule has 2 aromatic rings. The van der Waals surface area contributed by atoms with Gasteiger partial charge >= 0.3 is 0 Å². The van der Waals surface area contributed by atoms with Crippen LogP contribution in [0.2, 0.25) is 0 Å². The topological polar surface area (TPSA) is 72.3 Å². The van der Waals surface area contributed by atoms with Crippen molar-refractivity contribution in [1.29, 1.82) is 0 Å². The number of ether oxygens (including phenoxy) is 1. The number of rotatable bonds is 6. The van der Waals surface area contributed by atoms with Crippen molar-refractivity contribution < 1.29 is 9.53 Å². The highest BCUT2D eigenvalue weighted by molar-refractivity contribution is 5.93. The molecule has 0 radical (unpaired) electrons.